The Morgan fingerprint density at radius 1 is 1.14 bits per heavy atom. The average molecular weight is 397 g/mol. The minimum Gasteiger partial charge on any atom is -0.493 e. The SMILES string of the molecule is COC(=O)[C@@H](C)Oc1ccc(C=Nn2c(=O)[nH]c3ccccc3c2=O)cc1OC. The van der Waals surface area contributed by atoms with E-state index in [9.17, 15) is 14.4 Å². The Bertz CT molecular complexity index is 1190. The lowest BCUT2D eigenvalue weighted by Gasteiger charge is -2.15. The average Bonchev–Trinajstić information content (AvgIpc) is 2.73. The first-order chi connectivity index (χ1) is 13.9. The standard InChI is InChI=1S/C20H19N3O6/c1-12(19(25)28-3)29-16-9-8-13(10-17(16)27-2)11-21-23-18(24)14-6-4-5-7-15(14)22-20(23)26/h4-12H,1-3H3,(H,22,26)/t12-/m1/s1. The molecule has 1 heterocycles. The molecule has 9 nitrogen and oxygen atoms in total. The number of fused-ring (bicyclic) bond motifs is 1. The van der Waals surface area contributed by atoms with Crippen molar-refractivity contribution in [3.05, 3.63) is 68.9 Å². The van der Waals surface area contributed by atoms with Crippen LogP contribution < -0.4 is 20.7 Å². The van der Waals surface area contributed by atoms with Crippen molar-refractivity contribution in [3.8, 4) is 11.5 Å². The summed E-state index contributed by atoms with van der Waals surface area (Å²) in [6.45, 7) is 1.55. The predicted octanol–water partition coefficient (Wildman–Crippen LogP) is 1.52. The molecule has 0 aliphatic heterocycles. The Morgan fingerprint density at radius 3 is 2.62 bits per heavy atom. The second-order valence-corrected chi connectivity index (χ2v) is 6.03. The number of rotatable bonds is 6. The van der Waals surface area contributed by atoms with E-state index in [2.05, 4.69) is 14.8 Å². The molecule has 0 amide bonds. The van der Waals surface area contributed by atoms with Crippen molar-refractivity contribution in [2.24, 2.45) is 5.10 Å². The second-order valence-electron chi connectivity index (χ2n) is 6.03. The molecule has 9 heteroatoms. The van der Waals surface area contributed by atoms with E-state index in [1.54, 1.807) is 49.4 Å². The number of carbonyl (C=O) groups excluding carboxylic acids is 1. The van der Waals surface area contributed by atoms with Crippen LogP contribution in [0, 0.1) is 0 Å². The van der Waals surface area contributed by atoms with Crippen molar-refractivity contribution in [1.82, 2.24) is 9.66 Å². The van der Waals surface area contributed by atoms with Gasteiger partial charge in [-0.15, -0.1) is 4.68 Å². The number of hydrogen-bond acceptors (Lipinski definition) is 7. The van der Waals surface area contributed by atoms with Crippen LogP contribution in [-0.2, 0) is 9.53 Å². The number of nitrogens with zero attached hydrogens (tertiary/aromatic N) is 2. The first kappa shape index (κ1) is 19.9. The summed E-state index contributed by atoms with van der Waals surface area (Å²) in [6.07, 6.45) is 0.532. The minimum atomic E-state index is -0.817. The van der Waals surface area contributed by atoms with E-state index in [1.807, 2.05) is 0 Å². The van der Waals surface area contributed by atoms with Gasteiger partial charge in [-0.1, -0.05) is 12.1 Å². The van der Waals surface area contributed by atoms with Gasteiger partial charge < -0.3 is 19.2 Å². The lowest BCUT2D eigenvalue weighted by atomic mass is 10.2. The van der Waals surface area contributed by atoms with Gasteiger partial charge >= 0.3 is 11.7 Å². The van der Waals surface area contributed by atoms with E-state index >= 15 is 0 Å². The van der Waals surface area contributed by atoms with Gasteiger partial charge in [0.15, 0.2) is 17.6 Å². The highest BCUT2D eigenvalue weighted by Gasteiger charge is 2.17. The van der Waals surface area contributed by atoms with E-state index < -0.39 is 23.3 Å². The van der Waals surface area contributed by atoms with Gasteiger partial charge in [0.25, 0.3) is 5.56 Å². The fourth-order valence-corrected chi connectivity index (χ4v) is 2.65. The van der Waals surface area contributed by atoms with Crippen molar-refractivity contribution >= 4 is 23.1 Å². The summed E-state index contributed by atoms with van der Waals surface area (Å²) in [4.78, 5) is 38.8. The highest BCUT2D eigenvalue weighted by Crippen LogP contribution is 2.28. The summed E-state index contributed by atoms with van der Waals surface area (Å²) in [5.41, 5.74) is -0.181. The summed E-state index contributed by atoms with van der Waals surface area (Å²) >= 11 is 0. The third-order valence-electron chi connectivity index (χ3n) is 4.13. The maximum absolute atomic E-state index is 12.5. The highest BCUT2D eigenvalue weighted by atomic mass is 16.6. The fourth-order valence-electron chi connectivity index (χ4n) is 2.65. The molecule has 0 radical (unpaired) electrons. The quantitative estimate of drug-likeness (QED) is 0.499. The molecule has 0 fully saturated rings. The summed E-state index contributed by atoms with van der Waals surface area (Å²) in [5, 5.41) is 4.35. The number of esters is 1. The maximum atomic E-state index is 12.5. The number of para-hydroxylation sites is 1. The van der Waals surface area contributed by atoms with E-state index in [0.29, 0.717) is 28.0 Å². The fraction of sp³-hybridized carbons (Fsp3) is 0.200. The van der Waals surface area contributed by atoms with Gasteiger partial charge in [0.1, 0.15) is 0 Å². The zero-order valence-electron chi connectivity index (χ0n) is 16.0. The van der Waals surface area contributed by atoms with Crippen molar-refractivity contribution in [2.75, 3.05) is 14.2 Å². The number of benzene rings is 2. The normalized spacial score (nSPS) is 12.1. The molecule has 29 heavy (non-hydrogen) atoms. The van der Waals surface area contributed by atoms with Crippen LogP contribution in [-0.4, -0.2) is 42.2 Å². The number of nitrogens with one attached hydrogen (secondary N) is 1. The first-order valence-corrected chi connectivity index (χ1v) is 8.65. The Kier molecular flexibility index (Phi) is 5.77. The molecule has 0 spiro atoms. The Hall–Kier alpha value is -3.88. The van der Waals surface area contributed by atoms with E-state index in [1.165, 1.54) is 20.4 Å². The predicted molar refractivity (Wildman–Crippen MR) is 107 cm³/mol. The molecule has 3 aromatic rings. The van der Waals surface area contributed by atoms with Crippen LogP contribution in [0.3, 0.4) is 0 Å². The van der Waals surface area contributed by atoms with Gasteiger partial charge in [0, 0.05) is 0 Å². The van der Waals surface area contributed by atoms with E-state index in [-0.39, 0.29) is 0 Å². The third kappa shape index (κ3) is 4.18. The van der Waals surface area contributed by atoms with Crippen LogP contribution in [0.1, 0.15) is 12.5 Å². The zero-order chi connectivity index (χ0) is 21.0. The number of ether oxygens (including phenoxy) is 3. The molecule has 0 bridgehead atoms. The number of methoxy groups -OCH3 is 2. The van der Waals surface area contributed by atoms with Crippen molar-refractivity contribution in [1.29, 1.82) is 0 Å². The smallest absolute Gasteiger partial charge is 0.349 e. The van der Waals surface area contributed by atoms with Crippen molar-refractivity contribution in [3.63, 3.8) is 0 Å². The largest absolute Gasteiger partial charge is 0.493 e. The monoisotopic (exact) mass is 397 g/mol. The second kappa shape index (κ2) is 8.42. The lowest BCUT2D eigenvalue weighted by molar-refractivity contribution is -0.147. The van der Waals surface area contributed by atoms with Gasteiger partial charge in [-0.05, 0) is 42.8 Å². The van der Waals surface area contributed by atoms with Crippen LogP contribution in [0.4, 0.5) is 0 Å². The molecule has 1 N–H and O–H groups in total. The molecule has 0 aliphatic carbocycles. The molecule has 1 atom stereocenters. The van der Waals surface area contributed by atoms with E-state index in [0.717, 1.165) is 4.68 Å². The number of hydrogen-bond donors (Lipinski definition) is 1. The summed E-state index contributed by atoms with van der Waals surface area (Å²) in [7, 11) is 2.72. The summed E-state index contributed by atoms with van der Waals surface area (Å²) in [5.74, 6) is 0.167. The minimum absolute atomic E-state index is 0.336. The van der Waals surface area contributed by atoms with Crippen molar-refractivity contribution in [2.45, 2.75) is 13.0 Å². The number of aromatic nitrogens is 2. The first-order valence-electron chi connectivity index (χ1n) is 8.65. The number of carbonyl (C=O) groups is 1. The van der Waals surface area contributed by atoms with Gasteiger partial charge in [-0.2, -0.15) is 5.10 Å². The van der Waals surface area contributed by atoms with Gasteiger partial charge in [-0.3, -0.25) is 4.79 Å². The van der Waals surface area contributed by atoms with Gasteiger partial charge in [0.05, 0.1) is 31.3 Å². The maximum Gasteiger partial charge on any atom is 0.349 e. The Balaban J connectivity index is 1.92. The molecular formula is C20H19N3O6. The van der Waals surface area contributed by atoms with Gasteiger partial charge in [-0.25, -0.2) is 9.59 Å². The number of aromatic amines is 1. The molecule has 0 aliphatic rings. The molecule has 1 aromatic heterocycles. The molecule has 0 saturated carbocycles. The molecule has 3 rings (SSSR count). The van der Waals surface area contributed by atoms with Crippen LogP contribution in [0.2, 0.25) is 0 Å². The van der Waals surface area contributed by atoms with Crippen LogP contribution in [0.5, 0.6) is 11.5 Å². The molecule has 150 valence electrons. The molecule has 2 aromatic carbocycles. The third-order valence-corrected chi connectivity index (χ3v) is 4.13. The topological polar surface area (TPSA) is 112 Å². The van der Waals surface area contributed by atoms with Gasteiger partial charge in [0.2, 0.25) is 0 Å². The van der Waals surface area contributed by atoms with Crippen molar-refractivity contribution < 1.29 is 19.0 Å². The molecule has 0 saturated heterocycles. The van der Waals surface area contributed by atoms with Crippen LogP contribution in [0.25, 0.3) is 10.9 Å². The lowest BCUT2D eigenvalue weighted by Crippen LogP contribution is -2.32. The van der Waals surface area contributed by atoms with Crippen LogP contribution in [0.15, 0.2) is 57.2 Å². The summed E-state index contributed by atoms with van der Waals surface area (Å²) < 4.78 is 16.2. The van der Waals surface area contributed by atoms with E-state index in [4.69, 9.17) is 9.47 Å². The molecule has 0 unspecified atom stereocenters. The molecular weight excluding hydrogens is 378 g/mol. The van der Waals surface area contributed by atoms with Crippen LogP contribution >= 0.6 is 0 Å². The Labute approximate surface area is 165 Å². The zero-order valence-corrected chi connectivity index (χ0v) is 16.0. The summed E-state index contributed by atoms with van der Waals surface area (Å²) in [6, 6.07) is 11.5. The Morgan fingerprint density at radius 2 is 1.90 bits per heavy atom. The highest BCUT2D eigenvalue weighted by molar-refractivity contribution is 5.81. The number of H-pyrrole nitrogens is 1.